The van der Waals surface area contributed by atoms with E-state index in [1.54, 1.807) is 63.9 Å². The van der Waals surface area contributed by atoms with Crippen molar-refractivity contribution in [3.05, 3.63) is 284 Å². The predicted octanol–water partition coefficient (Wildman–Crippen LogP) is 16.8. The number of benzene rings is 10. The summed E-state index contributed by atoms with van der Waals surface area (Å²) in [6, 6.07) is 60.3. The molecule has 0 amide bonds. The third kappa shape index (κ3) is 9.03. The van der Waals surface area contributed by atoms with Crippen molar-refractivity contribution in [2.75, 3.05) is 0 Å². The maximum Gasteiger partial charge on any atom is 0.268 e. The van der Waals surface area contributed by atoms with Gasteiger partial charge in [-0.1, -0.05) is 225 Å². The molecule has 368 valence electrons. The second kappa shape index (κ2) is 20.4. The molecule has 0 fully saturated rings. The van der Waals surface area contributed by atoms with Gasteiger partial charge in [0.1, 0.15) is 5.82 Å². The van der Waals surface area contributed by atoms with E-state index in [0.717, 1.165) is 38.5 Å². The van der Waals surface area contributed by atoms with Crippen molar-refractivity contribution in [1.82, 2.24) is 14.1 Å². The molecule has 0 aliphatic rings. The Morgan fingerprint density at radius 1 is 0.553 bits per heavy atom. The molecule has 0 atom stereocenters. The number of imidazole rings is 1. The van der Waals surface area contributed by atoms with Crippen molar-refractivity contribution < 1.29 is 46.8 Å². The van der Waals surface area contributed by atoms with Crippen LogP contribution in [0.2, 0.25) is 0 Å². The maximum atomic E-state index is 10.1. The monoisotopic (exact) mass is 1170 g/mol. The van der Waals surface area contributed by atoms with Gasteiger partial charge in [-0.15, -0.1) is 29.7 Å². The molecule has 0 saturated carbocycles. The second-order valence-electron chi connectivity index (χ2n) is 18.6. The second-order valence-corrected chi connectivity index (χ2v) is 18.6. The van der Waals surface area contributed by atoms with E-state index in [9.17, 15) is 2.74 Å². The average Bonchev–Trinajstić information content (AvgIpc) is 2.82. The van der Waals surface area contributed by atoms with Gasteiger partial charge in [0.05, 0.1) is 30.4 Å². The number of nitrogens with zero attached hydrogens (tertiary/aromatic N) is 4. The molecule has 0 aliphatic carbocycles. The molecule has 3 heterocycles. The van der Waals surface area contributed by atoms with Gasteiger partial charge in [0, 0.05) is 52.6 Å². The minimum atomic E-state index is -1.93. The number of rotatable bonds is 12. The van der Waals surface area contributed by atoms with Gasteiger partial charge in [0.15, 0.2) is 0 Å². The quantitative estimate of drug-likeness (QED) is 0.0903. The normalized spacial score (nSPS) is 13.9. The van der Waals surface area contributed by atoms with E-state index in [4.69, 9.17) is 23.4 Å². The van der Waals surface area contributed by atoms with Crippen LogP contribution in [0.25, 0.3) is 94.5 Å². The summed E-state index contributed by atoms with van der Waals surface area (Å²) in [5, 5.41) is 1.76. The smallest absolute Gasteiger partial charge is 0.268 e. The van der Waals surface area contributed by atoms with Crippen molar-refractivity contribution in [2.24, 2.45) is 0 Å². The summed E-state index contributed by atoms with van der Waals surface area (Å²) in [6.07, 6.45) is 3.24. The Labute approximate surface area is 474 Å². The van der Waals surface area contributed by atoms with Crippen LogP contribution in [0, 0.1) is 18.5 Å². The fourth-order valence-corrected chi connectivity index (χ4v) is 9.92. The van der Waals surface area contributed by atoms with Gasteiger partial charge < -0.3 is 13.9 Å². The maximum absolute atomic E-state index is 10.1. The van der Waals surface area contributed by atoms with Crippen LogP contribution < -0.4 is 9.30 Å². The number of hydrogen-bond donors (Lipinski definition) is 0. The minimum absolute atomic E-state index is 0. The predicted molar refractivity (Wildman–Crippen MR) is 305 cm³/mol. The molecule has 0 spiro atoms. The van der Waals surface area contributed by atoms with E-state index in [1.165, 1.54) is 0 Å². The summed E-state index contributed by atoms with van der Waals surface area (Å²) in [5.41, 5.74) is 6.82. The van der Waals surface area contributed by atoms with Gasteiger partial charge in [0.25, 0.3) is 6.33 Å². The molecule has 10 aromatic carbocycles. The molecule has 3 aromatic heterocycles. The van der Waals surface area contributed by atoms with Crippen LogP contribution in [0.3, 0.4) is 0 Å². The molecule has 0 aliphatic heterocycles. The largest absolute Gasteiger partial charge is 0.510 e. The van der Waals surface area contributed by atoms with Gasteiger partial charge >= 0.3 is 0 Å². The van der Waals surface area contributed by atoms with Gasteiger partial charge in [0.2, 0.25) is 0 Å². The summed E-state index contributed by atoms with van der Waals surface area (Å²) in [4.78, 5) is 5.13. The SMILES string of the molecule is [2H]c1c([2H])c([2H])c(-c2cccc(-c3c([2H])c([2H])c([2H])c([2H])c3[2H])c2-[n+]2[c-]n(-c3[c-]c(Oc4[c-]c5c(cc4)c4cc(-c6ccccc6)ccc4n5-c4cc(C([2H])([2H])C(C)(C)c5ccccc5)c(-c5ccccc5)cn4)ccc3)c3ccccc32)c([2H])c1[2H].[Pt]. The van der Waals surface area contributed by atoms with Crippen LogP contribution in [0.4, 0.5) is 0 Å². The van der Waals surface area contributed by atoms with Crippen molar-refractivity contribution in [2.45, 2.75) is 25.6 Å². The first kappa shape index (κ1) is 36.1. The number of fused-ring (bicyclic) bond motifs is 4. The Balaban J connectivity index is 0.00000754. The van der Waals surface area contributed by atoms with E-state index in [0.29, 0.717) is 44.9 Å². The van der Waals surface area contributed by atoms with Crippen molar-refractivity contribution in [3.63, 3.8) is 0 Å². The number of ether oxygens (including phenoxy) is 1. The molecule has 0 saturated heterocycles. The van der Waals surface area contributed by atoms with Crippen LogP contribution in [-0.2, 0) is 32.9 Å². The Morgan fingerprint density at radius 2 is 1.18 bits per heavy atom. The standard InChI is InChI=1S/C70H50N4O.Pt/c1-70(2,55-30-16-7-17-31-55)46-54-43-68(71-47-63(54)52-28-14-6-15-29-52)74-64-41-38-53(49-22-8-3-9-23-49)42-62(64)61-40-39-58(45-67(61)74)75-57-33-20-32-56(44-57)72-48-73(66-37-19-18-36-65(66)72)69-59(50-24-10-4-11-25-50)34-21-35-60(69)51-26-12-5-13-27-51;/h3-43,47H,46H2,1-2H3;/q-2;/i4D,5D,10D,11D,12D,13D,24D,25D,26D,27D,46D2;. The Hall–Kier alpha value is -8.89. The summed E-state index contributed by atoms with van der Waals surface area (Å²) in [6.45, 7) is 3.86. The summed E-state index contributed by atoms with van der Waals surface area (Å²) >= 11 is 0. The Morgan fingerprint density at radius 3 is 1.89 bits per heavy atom. The van der Waals surface area contributed by atoms with Gasteiger partial charge in [-0.2, -0.15) is 18.2 Å². The number of aromatic nitrogens is 4. The zero-order valence-electron chi connectivity index (χ0n) is 53.0. The molecule has 0 radical (unpaired) electrons. The summed E-state index contributed by atoms with van der Waals surface area (Å²) in [7, 11) is 0. The van der Waals surface area contributed by atoms with Crippen molar-refractivity contribution in [1.29, 1.82) is 0 Å². The summed E-state index contributed by atoms with van der Waals surface area (Å²) < 4.78 is 120. The first-order chi connectivity index (χ1) is 41.8. The van der Waals surface area contributed by atoms with Crippen LogP contribution in [0.1, 0.15) is 41.4 Å². The van der Waals surface area contributed by atoms with E-state index < -0.39 is 72.2 Å². The van der Waals surface area contributed by atoms with Crippen molar-refractivity contribution in [3.8, 4) is 73.2 Å². The molecule has 0 N–H and O–H groups in total. The number of para-hydroxylation sites is 3. The zero-order valence-corrected chi connectivity index (χ0v) is 43.3. The van der Waals surface area contributed by atoms with Crippen LogP contribution in [0.15, 0.2) is 255 Å². The van der Waals surface area contributed by atoms with Crippen LogP contribution in [-0.4, -0.2) is 14.1 Å². The van der Waals surface area contributed by atoms with Gasteiger partial charge in [-0.3, -0.25) is 4.57 Å². The molecule has 0 bridgehead atoms. The van der Waals surface area contributed by atoms with E-state index in [1.807, 2.05) is 128 Å². The molecular weight excluding hydrogens is 1110 g/mol. The summed E-state index contributed by atoms with van der Waals surface area (Å²) in [5.74, 6) is 1.09. The minimum Gasteiger partial charge on any atom is -0.510 e. The fourth-order valence-electron chi connectivity index (χ4n) is 9.92. The first-order valence-corrected chi connectivity index (χ1v) is 24.5. The van der Waals surface area contributed by atoms with Crippen LogP contribution >= 0.6 is 0 Å². The van der Waals surface area contributed by atoms with Crippen molar-refractivity contribution >= 4 is 32.8 Å². The number of pyridine rings is 1. The molecule has 5 nitrogen and oxygen atoms in total. The van der Waals surface area contributed by atoms with Gasteiger partial charge in [-0.25, -0.2) is 4.98 Å². The first-order valence-electron chi connectivity index (χ1n) is 30.5. The Bertz CT molecular complexity index is 4770. The van der Waals surface area contributed by atoms with E-state index >= 15 is 0 Å². The average molecular weight is 1170 g/mol. The van der Waals surface area contributed by atoms with Gasteiger partial charge in [-0.05, 0) is 85.1 Å². The number of hydrogen-bond acceptors (Lipinski definition) is 2. The third-order valence-electron chi connectivity index (χ3n) is 13.5. The zero-order chi connectivity index (χ0) is 60.8. The molecule has 13 rings (SSSR count). The van der Waals surface area contributed by atoms with Crippen LogP contribution in [0.5, 0.6) is 11.5 Å². The third-order valence-corrected chi connectivity index (χ3v) is 13.5. The van der Waals surface area contributed by atoms with E-state index in [-0.39, 0.29) is 54.8 Å². The molecular formula is C70H50N4OPt-2. The fraction of sp³-hybridized carbons (Fsp3) is 0.0571. The molecule has 76 heavy (non-hydrogen) atoms. The Kier molecular flexibility index (Phi) is 9.71. The topological polar surface area (TPSA) is 35.9 Å². The molecule has 0 unspecified atom stereocenters. The molecule has 6 heteroatoms. The van der Waals surface area contributed by atoms with E-state index in [2.05, 4.69) is 48.8 Å². The molecule has 13 aromatic rings.